The molecule has 0 aromatic heterocycles. The fourth-order valence-corrected chi connectivity index (χ4v) is 2.21. The van der Waals surface area contributed by atoms with Crippen molar-refractivity contribution in [2.45, 2.75) is 12.9 Å². The summed E-state index contributed by atoms with van der Waals surface area (Å²) in [5.41, 5.74) is -0.256. The highest BCUT2D eigenvalue weighted by Crippen LogP contribution is 2.32. The summed E-state index contributed by atoms with van der Waals surface area (Å²) in [6.07, 6.45) is -0.155. The third-order valence-electron chi connectivity index (χ3n) is 1.86. The molecule has 0 saturated heterocycles. The summed E-state index contributed by atoms with van der Waals surface area (Å²) in [5.74, 6) is -1.43. The molecule has 0 aliphatic heterocycles. The third kappa shape index (κ3) is 3.80. The minimum absolute atomic E-state index is 0.155. The molecule has 0 N–H and O–H groups in total. The van der Waals surface area contributed by atoms with Crippen molar-refractivity contribution in [2.75, 3.05) is 27.5 Å². The van der Waals surface area contributed by atoms with Crippen LogP contribution >= 0.6 is 7.80 Å². The monoisotopic (exact) mass is 235 g/mol. The van der Waals surface area contributed by atoms with Crippen molar-refractivity contribution < 1.29 is 23.6 Å². The van der Waals surface area contributed by atoms with Crippen LogP contribution in [0.1, 0.15) is 6.92 Å². The largest absolute Gasteiger partial charge is 0.428 e. The zero-order valence-corrected chi connectivity index (χ0v) is 10.3. The van der Waals surface area contributed by atoms with Gasteiger partial charge in [-0.3, -0.25) is 0 Å². The second-order valence-corrected chi connectivity index (χ2v) is 4.40. The van der Waals surface area contributed by atoms with Gasteiger partial charge in [0.05, 0.1) is 0 Å². The molecule has 0 radical (unpaired) electrons. The Balaban J connectivity index is 4.62. The van der Waals surface area contributed by atoms with Gasteiger partial charge in [0.25, 0.3) is 0 Å². The predicted molar refractivity (Wildman–Crippen MR) is 56.1 cm³/mol. The first kappa shape index (κ1) is 14.4. The SMILES string of the molecule is C=C(C)C(=O)[P+](=O)CC(OC)(OC)OC. The molecule has 0 amide bonds. The van der Waals surface area contributed by atoms with E-state index in [1.54, 1.807) is 0 Å². The lowest BCUT2D eigenvalue weighted by Crippen LogP contribution is -2.39. The molecule has 0 aromatic carbocycles. The van der Waals surface area contributed by atoms with E-state index in [0.29, 0.717) is 0 Å². The maximum Gasteiger partial charge on any atom is 0.428 e. The Morgan fingerprint density at radius 2 is 1.67 bits per heavy atom. The number of hydrogen-bond acceptors (Lipinski definition) is 5. The van der Waals surface area contributed by atoms with Crippen LogP contribution in [0.5, 0.6) is 0 Å². The first-order valence-electron chi connectivity index (χ1n) is 4.22. The molecule has 0 aliphatic rings. The van der Waals surface area contributed by atoms with E-state index in [2.05, 4.69) is 6.58 Å². The van der Waals surface area contributed by atoms with Crippen LogP contribution in [-0.4, -0.2) is 39.0 Å². The minimum Gasteiger partial charge on any atom is -0.327 e. The molecule has 0 saturated carbocycles. The van der Waals surface area contributed by atoms with Crippen molar-refractivity contribution >= 4 is 13.3 Å². The van der Waals surface area contributed by atoms with Gasteiger partial charge in [-0.2, -0.15) is 0 Å². The van der Waals surface area contributed by atoms with Crippen molar-refractivity contribution in [3.8, 4) is 0 Å². The van der Waals surface area contributed by atoms with Gasteiger partial charge in [0.2, 0.25) is 6.16 Å². The zero-order chi connectivity index (χ0) is 12.1. The number of carbonyl (C=O) groups is 1. The summed E-state index contributed by atoms with van der Waals surface area (Å²) in [6.45, 7) is 4.93. The molecule has 5 nitrogen and oxygen atoms in total. The van der Waals surface area contributed by atoms with Crippen molar-refractivity contribution in [3.05, 3.63) is 12.2 Å². The molecular weight excluding hydrogens is 219 g/mol. The molecule has 0 spiro atoms. The molecule has 0 aromatic rings. The van der Waals surface area contributed by atoms with E-state index < -0.39 is 19.3 Å². The molecule has 0 rings (SSSR count). The number of carbonyl (C=O) groups excluding carboxylic acids is 1. The quantitative estimate of drug-likeness (QED) is 0.380. The minimum atomic E-state index is -2.15. The van der Waals surface area contributed by atoms with Gasteiger partial charge in [0, 0.05) is 26.9 Å². The topological polar surface area (TPSA) is 61.8 Å². The third-order valence-corrected chi connectivity index (χ3v) is 3.37. The highest BCUT2D eigenvalue weighted by atomic mass is 31.1. The molecular formula is C9H16O5P+. The van der Waals surface area contributed by atoms with Gasteiger partial charge >= 0.3 is 19.3 Å². The van der Waals surface area contributed by atoms with Crippen molar-refractivity contribution in [2.24, 2.45) is 0 Å². The van der Waals surface area contributed by atoms with E-state index in [9.17, 15) is 9.36 Å². The lowest BCUT2D eigenvalue weighted by Gasteiger charge is -2.23. The zero-order valence-electron chi connectivity index (χ0n) is 9.40. The van der Waals surface area contributed by atoms with E-state index in [1.165, 1.54) is 28.3 Å². The lowest BCUT2D eigenvalue weighted by atomic mass is 10.4. The van der Waals surface area contributed by atoms with Gasteiger partial charge < -0.3 is 14.2 Å². The fraction of sp³-hybridized carbons (Fsp3) is 0.667. The van der Waals surface area contributed by atoms with Gasteiger partial charge in [0.1, 0.15) is 0 Å². The number of allylic oxidation sites excluding steroid dienone is 1. The molecule has 0 fully saturated rings. The van der Waals surface area contributed by atoms with Gasteiger partial charge in [-0.05, 0) is 6.92 Å². The summed E-state index contributed by atoms with van der Waals surface area (Å²) in [4.78, 5) is 11.3. The summed E-state index contributed by atoms with van der Waals surface area (Å²) in [6, 6.07) is 0. The highest BCUT2D eigenvalue weighted by Gasteiger charge is 2.44. The predicted octanol–water partition coefficient (Wildman–Crippen LogP) is 1.51. The van der Waals surface area contributed by atoms with Crippen molar-refractivity contribution in [3.63, 3.8) is 0 Å². The Bertz CT molecular complexity index is 261. The first-order valence-corrected chi connectivity index (χ1v) is 5.67. The molecule has 0 heterocycles. The average Bonchev–Trinajstić information content (AvgIpc) is 2.24. The van der Waals surface area contributed by atoms with Crippen LogP contribution in [0.2, 0.25) is 0 Å². The number of ether oxygens (including phenoxy) is 3. The smallest absolute Gasteiger partial charge is 0.327 e. The molecule has 0 aliphatic carbocycles. The van der Waals surface area contributed by atoms with E-state index in [4.69, 9.17) is 14.2 Å². The lowest BCUT2D eigenvalue weighted by molar-refractivity contribution is -0.337. The molecule has 1 atom stereocenters. The van der Waals surface area contributed by atoms with E-state index >= 15 is 0 Å². The fourth-order valence-electron chi connectivity index (χ4n) is 0.904. The van der Waals surface area contributed by atoms with Crippen LogP contribution in [0.4, 0.5) is 0 Å². The first-order chi connectivity index (χ1) is 6.92. The van der Waals surface area contributed by atoms with Crippen LogP contribution in [0.15, 0.2) is 12.2 Å². The second-order valence-electron chi connectivity index (χ2n) is 2.92. The Labute approximate surface area is 90.2 Å². The molecule has 6 heteroatoms. The standard InChI is InChI=1S/C9H16O5P/c1-7(2)8(10)15(11)6-9(12-3,13-4)14-5/h1,6H2,2-5H3/q+1. The number of rotatable bonds is 7. The second kappa shape index (κ2) is 6.08. The van der Waals surface area contributed by atoms with Crippen LogP contribution in [0, 0.1) is 0 Å². The molecule has 0 bridgehead atoms. The van der Waals surface area contributed by atoms with Crippen LogP contribution < -0.4 is 0 Å². The highest BCUT2D eigenvalue weighted by molar-refractivity contribution is 7.64. The van der Waals surface area contributed by atoms with Crippen molar-refractivity contribution in [1.82, 2.24) is 0 Å². The summed E-state index contributed by atoms with van der Waals surface area (Å²) in [7, 11) is 1.90. The Morgan fingerprint density at radius 1 is 1.27 bits per heavy atom. The maximum absolute atomic E-state index is 11.6. The van der Waals surface area contributed by atoms with E-state index in [0.717, 1.165) is 0 Å². The Morgan fingerprint density at radius 3 is 1.93 bits per heavy atom. The van der Waals surface area contributed by atoms with Crippen LogP contribution in [0.3, 0.4) is 0 Å². The van der Waals surface area contributed by atoms with Gasteiger partial charge in [-0.15, -0.1) is 0 Å². The Hall–Kier alpha value is -0.610. The number of hydrogen-bond donors (Lipinski definition) is 0. The summed E-state index contributed by atoms with van der Waals surface area (Å²) >= 11 is 0. The van der Waals surface area contributed by atoms with E-state index in [-0.39, 0.29) is 11.7 Å². The summed E-state index contributed by atoms with van der Waals surface area (Å²) < 4.78 is 26.4. The van der Waals surface area contributed by atoms with Gasteiger partial charge in [0.15, 0.2) is 0 Å². The van der Waals surface area contributed by atoms with Crippen LogP contribution in [-0.2, 0) is 23.6 Å². The average molecular weight is 235 g/mol. The summed E-state index contributed by atoms with van der Waals surface area (Å²) in [5, 5.41) is 0. The van der Waals surface area contributed by atoms with Crippen molar-refractivity contribution in [1.29, 1.82) is 0 Å². The van der Waals surface area contributed by atoms with E-state index in [1.807, 2.05) is 0 Å². The Kier molecular flexibility index (Phi) is 5.83. The maximum atomic E-state index is 11.6. The molecule has 15 heavy (non-hydrogen) atoms. The normalized spacial score (nSPS) is 12.4. The van der Waals surface area contributed by atoms with Gasteiger partial charge in [-0.1, -0.05) is 11.1 Å². The molecule has 86 valence electrons. The van der Waals surface area contributed by atoms with Crippen LogP contribution in [0.25, 0.3) is 0 Å². The number of methoxy groups -OCH3 is 3. The van der Waals surface area contributed by atoms with Gasteiger partial charge in [-0.25, -0.2) is 4.79 Å². The molecule has 1 unspecified atom stereocenters.